The Hall–Kier alpha value is -1.69. The number of hydrogen-bond acceptors (Lipinski definition) is 4. The van der Waals surface area contributed by atoms with Gasteiger partial charge >= 0.3 is 0 Å². The zero-order valence-electron chi connectivity index (χ0n) is 13.9. The summed E-state index contributed by atoms with van der Waals surface area (Å²) in [5.41, 5.74) is 0.849. The molecule has 0 aliphatic heterocycles. The fraction of sp³-hybridized carbons (Fsp3) is 0.588. The third kappa shape index (κ3) is 3.17. The van der Waals surface area contributed by atoms with Gasteiger partial charge in [0, 0.05) is 10.9 Å². The number of carbonyl (C=O) groups is 1. The maximum atomic E-state index is 12.6. The first-order valence-corrected chi connectivity index (χ1v) is 9.03. The number of fused-ring (bicyclic) bond motifs is 1. The van der Waals surface area contributed by atoms with Gasteiger partial charge in [0.05, 0.1) is 11.7 Å². The van der Waals surface area contributed by atoms with E-state index >= 15 is 0 Å². The van der Waals surface area contributed by atoms with Crippen molar-refractivity contribution < 1.29 is 4.79 Å². The van der Waals surface area contributed by atoms with E-state index < -0.39 is 0 Å². The summed E-state index contributed by atoms with van der Waals surface area (Å²) in [6.07, 6.45) is 6.08. The summed E-state index contributed by atoms with van der Waals surface area (Å²) < 4.78 is 1.42. The number of hydrogen-bond donors (Lipinski definition) is 1. The monoisotopic (exact) mass is 333 g/mol. The summed E-state index contributed by atoms with van der Waals surface area (Å²) in [5, 5.41) is 3.74. The highest BCUT2D eigenvalue weighted by atomic mass is 32.1. The third-order valence-corrected chi connectivity index (χ3v) is 6.04. The van der Waals surface area contributed by atoms with E-state index in [1.165, 1.54) is 28.7 Å². The van der Waals surface area contributed by atoms with E-state index in [9.17, 15) is 9.59 Å². The molecule has 1 amide bonds. The molecule has 0 aromatic carbocycles. The van der Waals surface area contributed by atoms with Gasteiger partial charge < -0.3 is 5.32 Å². The smallest absolute Gasteiger partial charge is 0.262 e. The quantitative estimate of drug-likeness (QED) is 0.939. The van der Waals surface area contributed by atoms with E-state index in [4.69, 9.17) is 0 Å². The number of carbonyl (C=O) groups excluding carboxylic acids is 1. The normalized spacial score (nSPS) is 21.5. The van der Waals surface area contributed by atoms with E-state index in [0.717, 1.165) is 34.5 Å². The van der Waals surface area contributed by atoms with Crippen molar-refractivity contribution in [3.63, 3.8) is 0 Å². The van der Waals surface area contributed by atoms with Gasteiger partial charge in [0.15, 0.2) is 0 Å². The molecule has 6 heteroatoms. The average Bonchev–Trinajstić information content (AvgIpc) is 2.80. The van der Waals surface area contributed by atoms with Crippen LogP contribution in [0.3, 0.4) is 0 Å². The zero-order valence-corrected chi connectivity index (χ0v) is 14.7. The molecular formula is C17H23N3O2S. The highest BCUT2D eigenvalue weighted by molar-refractivity contribution is 7.18. The fourth-order valence-electron chi connectivity index (χ4n) is 3.32. The molecule has 2 atom stereocenters. The van der Waals surface area contributed by atoms with Crippen LogP contribution < -0.4 is 10.9 Å². The number of rotatable bonds is 3. The van der Waals surface area contributed by atoms with E-state index in [2.05, 4.69) is 17.2 Å². The van der Waals surface area contributed by atoms with Crippen LogP contribution in [0, 0.1) is 19.8 Å². The Kier molecular flexibility index (Phi) is 4.53. The number of amides is 1. The largest absolute Gasteiger partial charge is 0.352 e. The van der Waals surface area contributed by atoms with Crippen molar-refractivity contribution >= 4 is 27.5 Å². The second kappa shape index (κ2) is 6.43. The molecule has 5 nitrogen and oxygen atoms in total. The van der Waals surface area contributed by atoms with Crippen molar-refractivity contribution in [2.75, 3.05) is 0 Å². The van der Waals surface area contributed by atoms with Gasteiger partial charge in [-0.15, -0.1) is 11.3 Å². The minimum atomic E-state index is -0.122. The van der Waals surface area contributed by atoms with Crippen LogP contribution in [0.1, 0.15) is 43.0 Å². The van der Waals surface area contributed by atoms with Gasteiger partial charge in [-0.3, -0.25) is 14.2 Å². The molecule has 3 rings (SSSR count). The lowest BCUT2D eigenvalue weighted by Crippen LogP contribution is -2.43. The second-order valence-electron chi connectivity index (χ2n) is 6.58. The van der Waals surface area contributed by atoms with Crippen LogP contribution in [0.2, 0.25) is 0 Å². The highest BCUT2D eigenvalue weighted by Gasteiger charge is 2.23. The van der Waals surface area contributed by atoms with Crippen molar-refractivity contribution in [1.29, 1.82) is 0 Å². The van der Waals surface area contributed by atoms with Crippen LogP contribution in [0.15, 0.2) is 11.1 Å². The molecule has 0 bridgehead atoms. The lowest BCUT2D eigenvalue weighted by molar-refractivity contribution is -0.123. The Labute approximate surface area is 139 Å². The van der Waals surface area contributed by atoms with E-state index in [1.807, 2.05) is 13.8 Å². The van der Waals surface area contributed by atoms with Gasteiger partial charge in [0.25, 0.3) is 5.56 Å². The van der Waals surface area contributed by atoms with Crippen molar-refractivity contribution in [2.45, 2.75) is 59.0 Å². The topological polar surface area (TPSA) is 64.0 Å². The summed E-state index contributed by atoms with van der Waals surface area (Å²) in [4.78, 5) is 31.1. The zero-order chi connectivity index (χ0) is 16.6. The third-order valence-electron chi connectivity index (χ3n) is 4.93. The van der Waals surface area contributed by atoms with Crippen LogP contribution in [0.4, 0.5) is 0 Å². The number of thiophene rings is 1. The van der Waals surface area contributed by atoms with E-state index in [-0.39, 0.29) is 24.1 Å². The standard InChI is InChI=1S/C17H23N3O2S/c1-10-6-4-5-7-13(10)19-14(21)8-20-9-18-16-15(17(20)22)11(2)12(3)23-16/h9-10,13H,4-8H2,1-3H3,(H,19,21)/t10-,13+/m1/s1. The first kappa shape index (κ1) is 16.2. The average molecular weight is 333 g/mol. The van der Waals surface area contributed by atoms with E-state index in [0.29, 0.717) is 11.3 Å². The molecular weight excluding hydrogens is 310 g/mol. The fourth-order valence-corrected chi connectivity index (χ4v) is 4.31. The van der Waals surface area contributed by atoms with Crippen LogP contribution in [-0.2, 0) is 11.3 Å². The Morgan fingerprint density at radius 1 is 1.39 bits per heavy atom. The van der Waals surface area contributed by atoms with Gasteiger partial charge in [-0.2, -0.15) is 0 Å². The minimum Gasteiger partial charge on any atom is -0.352 e. The van der Waals surface area contributed by atoms with Crippen molar-refractivity contribution in [3.05, 3.63) is 27.1 Å². The molecule has 2 aromatic rings. The van der Waals surface area contributed by atoms with E-state index in [1.54, 1.807) is 0 Å². The molecule has 1 saturated carbocycles. The molecule has 0 spiro atoms. The predicted molar refractivity (Wildman–Crippen MR) is 92.9 cm³/mol. The molecule has 23 heavy (non-hydrogen) atoms. The van der Waals surface area contributed by atoms with Gasteiger partial charge in [-0.1, -0.05) is 19.8 Å². The molecule has 124 valence electrons. The lowest BCUT2D eigenvalue weighted by atomic mass is 9.86. The first-order chi connectivity index (χ1) is 11.0. The molecule has 1 aliphatic carbocycles. The summed E-state index contributed by atoms with van der Waals surface area (Å²) in [6.45, 7) is 6.15. The summed E-state index contributed by atoms with van der Waals surface area (Å²) >= 11 is 1.52. The van der Waals surface area contributed by atoms with Gasteiger partial charge in [-0.05, 0) is 38.2 Å². The highest BCUT2D eigenvalue weighted by Crippen LogP contribution is 2.25. The number of nitrogens with one attached hydrogen (secondary N) is 1. The Morgan fingerprint density at radius 3 is 2.87 bits per heavy atom. The maximum absolute atomic E-state index is 12.6. The van der Waals surface area contributed by atoms with Crippen molar-refractivity contribution in [2.24, 2.45) is 5.92 Å². The summed E-state index contributed by atoms with van der Waals surface area (Å²) in [5.74, 6) is 0.406. The first-order valence-electron chi connectivity index (χ1n) is 8.22. The maximum Gasteiger partial charge on any atom is 0.262 e. The van der Waals surface area contributed by atoms with Crippen LogP contribution in [-0.4, -0.2) is 21.5 Å². The Morgan fingerprint density at radius 2 is 2.13 bits per heavy atom. The van der Waals surface area contributed by atoms with Gasteiger partial charge in [0.1, 0.15) is 11.4 Å². The van der Waals surface area contributed by atoms with Crippen molar-refractivity contribution in [3.8, 4) is 0 Å². The Balaban J connectivity index is 1.78. The molecule has 0 unspecified atom stereocenters. The molecule has 2 aromatic heterocycles. The SMILES string of the molecule is Cc1sc2ncn(CC(=O)N[C@H]3CCCC[C@H]3C)c(=O)c2c1C. The van der Waals surface area contributed by atoms with Gasteiger partial charge in [0.2, 0.25) is 5.91 Å². The molecule has 0 radical (unpaired) electrons. The number of aromatic nitrogens is 2. The molecule has 0 saturated heterocycles. The van der Waals surface area contributed by atoms with Crippen LogP contribution in [0.5, 0.6) is 0 Å². The van der Waals surface area contributed by atoms with Crippen LogP contribution in [0.25, 0.3) is 10.2 Å². The second-order valence-corrected chi connectivity index (χ2v) is 7.78. The molecule has 1 N–H and O–H groups in total. The van der Waals surface area contributed by atoms with Crippen LogP contribution >= 0.6 is 11.3 Å². The Bertz CT molecular complexity index is 793. The van der Waals surface area contributed by atoms with Gasteiger partial charge in [-0.25, -0.2) is 4.98 Å². The summed E-state index contributed by atoms with van der Waals surface area (Å²) in [6, 6.07) is 0.230. The summed E-state index contributed by atoms with van der Waals surface area (Å²) in [7, 11) is 0. The predicted octanol–water partition coefficient (Wildman–Crippen LogP) is 2.77. The lowest BCUT2D eigenvalue weighted by Gasteiger charge is -2.29. The number of nitrogens with zero attached hydrogens (tertiary/aromatic N) is 2. The molecule has 2 heterocycles. The number of aryl methyl sites for hydroxylation is 2. The minimum absolute atomic E-state index is 0.0410. The van der Waals surface area contributed by atoms with Crippen molar-refractivity contribution in [1.82, 2.24) is 14.9 Å². The molecule has 1 aliphatic rings. The molecule has 1 fully saturated rings.